The summed E-state index contributed by atoms with van der Waals surface area (Å²) in [5, 5.41) is 11.7. The Balaban J connectivity index is 2.08. The maximum Gasteiger partial charge on any atom is 0.320 e. The highest BCUT2D eigenvalue weighted by Gasteiger charge is 2.16. The highest BCUT2D eigenvalue weighted by molar-refractivity contribution is 5.72. The number of hydrogen-bond donors (Lipinski definition) is 2. The van der Waals surface area contributed by atoms with Crippen LogP contribution in [0.1, 0.15) is 12.5 Å². The van der Waals surface area contributed by atoms with Gasteiger partial charge in [0.05, 0.1) is 0 Å². The summed E-state index contributed by atoms with van der Waals surface area (Å²) in [6.45, 7) is 3.13. The lowest BCUT2D eigenvalue weighted by atomic mass is 10.1. The lowest BCUT2D eigenvalue weighted by molar-refractivity contribution is -0.139. The van der Waals surface area contributed by atoms with Crippen LogP contribution in [0.4, 0.5) is 0 Å². The second-order valence-corrected chi connectivity index (χ2v) is 3.88. The van der Waals surface area contributed by atoms with E-state index in [2.05, 4.69) is 5.32 Å². The Morgan fingerprint density at radius 3 is 3.00 bits per heavy atom. The zero-order valence-corrected chi connectivity index (χ0v) is 9.60. The first kappa shape index (κ1) is 11.7. The van der Waals surface area contributed by atoms with E-state index in [4.69, 9.17) is 14.6 Å². The molecule has 0 radical (unpaired) electrons. The molecule has 1 atom stereocenters. The van der Waals surface area contributed by atoms with Crippen molar-refractivity contribution in [1.29, 1.82) is 0 Å². The molecule has 17 heavy (non-hydrogen) atoms. The Hall–Kier alpha value is -1.75. The molecule has 0 spiro atoms. The molecule has 92 valence electrons. The van der Waals surface area contributed by atoms with Gasteiger partial charge in [-0.3, -0.25) is 4.79 Å². The standard InChI is InChI=1S/C12H15NO4/c1-8(12(14)15)13-7-9-3-2-4-10-11(9)17-6-5-16-10/h2-4,8,13H,5-7H2,1H3,(H,14,15)/t8-/m1/s1. The number of hydrogen-bond acceptors (Lipinski definition) is 4. The zero-order valence-electron chi connectivity index (χ0n) is 9.60. The van der Waals surface area contributed by atoms with Gasteiger partial charge in [0.2, 0.25) is 0 Å². The summed E-state index contributed by atoms with van der Waals surface area (Å²) in [6.07, 6.45) is 0. The molecular weight excluding hydrogens is 222 g/mol. The van der Waals surface area contributed by atoms with Gasteiger partial charge in [0.1, 0.15) is 19.3 Å². The van der Waals surface area contributed by atoms with Crippen LogP contribution in [0.2, 0.25) is 0 Å². The third-order valence-corrected chi connectivity index (χ3v) is 2.62. The summed E-state index contributed by atoms with van der Waals surface area (Å²) in [5.74, 6) is 0.564. The van der Waals surface area contributed by atoms with Crippen molar-refractivity contribution in [3.05, 3.63) is 23.8 Å². The Morgan fingerprint density at radius 1 is 1.47 bits per heavy atom. The summed E-state index contributed by atoms with van der Waals surface area (Å²) >= 11 is 0. The first-order chi connectivity index (χ1) is 8.18. The van der Waals surface area contributed by atoms with Crippen molar-refractivity contribution in [1.82, 2.24) is 5.32 Å². The number of rotatable bonds is 4. The molecule has 5 heteroatoms. The highest BCUT2D eigenvalue weighted by atomic mass is 16.6. The van der Waals surface area contributed by atoms with E-state index in [0.29, 0.717) is 25.5 Å². The molecule has 1 aromatic carbocycles. The Morgan fingerprint density at radius 2 is 2.24 bits per heavy atom. The molecule has 1 heterocycles. The van der Waals surface area contributed by atoms with Crippen molar-refractivity contribution in [2.75, 3.05) is 13.2 Å². The summed E-state index contributed by atoms with van der Waals surface area (Å²) in [7, 11) is 0. The molecule has 0 bridgehead atoms. The fourth-order valence-electron chi connectivity index (χ4n) is 1.62. The summed E-state index contributed by atoms with van der Waals surface area (Å²) < 4.78 is 11.0. The van der Waals surface area contributed by atoms with E-state index in [-0.39, 0.29) is 0 Å². The van der Waals surface area contributed by atoms with E-state index < -0.39 is 12.0 Å². The van der Waals surface area contributed by atoms with Crippen LogP contribution >= 0.6 is 0 Å². The number of aliphatic carboxylic acids is 1. The lowest BCUT2D eigenvalue weighted by Gasteiger charge is -2.21. The molecule has 0 saturated heterocycles. The second kappa shape index (κ2) is 5.05. The molecule has 0 aromatic heterocycles. The van der Waals surface area contributed by atoms with Gasteiger partial charge in [-0.2, -0.15) is 0 Å². The number of carboxylic acids is 1. The van der Waals surface area contributed by atoms with Gasteiger partial charge in [-0.1, -0.05) is 12.1 Å². The zero-order chi connectivity index (χ0) is 12.3. The fraction of sp³-hybridized carbons (Fsp3) is 0.417. The van der Waals surface area contributed by atoms with E-state index in [1.165, 1.54) is 0 Å². The maximum absolute atomic E-state index is 10.7. The number of nitrogens with one attached hydrogen (secondary N) is 1. The van der Waals surface area contributed by atoms with Gasteiger partial charge >= 0.3 is 5.97 Å². The normalized spacial score (nSPS) is 15.4. The van der Waals surface area contributed by atoms with Crippen molar-refractivity contribution in [3.8, 4) is 11.5 Å². The van der Waals surface area contributed by atoms with Crippen molar-refractivity contribution < 1.29 is 19.4 Å². The van der Waals surface area contributed by atoms with Crippen molar-refractivity contribution in [2.45, 2.75) is 19.5 Å². The van der Waals surface area contributed by atoms with Crippen LogP contribution in [0.25, 0.3) is 0 Å². The minimum atomic E-state index is -0.869. The Labute approximate surface area is 99.3 Å². The smallest absolute Gasteiger partial charge is 0.320 e. The Bertz CT molecular complexity index is 419. The average Bonchev–Trinajstić information content (AvgIpc) is 2.35. The molecule has 0 aliphatic carbocycles. The van der Waals surface area contributed by atoms with E-state index in [9.17, 15) is 4.79 Å². The van der Waals surface area contributed by atoms with Gasteiger partial charge in [-0.15, -0.1) is 0 Å². The SMILES string of the molecule is C[C@@H](NCc1cccc2c1OCCO2)C(=O)O. The predicted molar refractivity (Wildman–Crippen MR) is 61.4 cm³/mol. The van der Waals surface area contributed by atoms with Gasteiger partial charge in [0, 0.05) is 12.1 Å². The van der Waals surface area contributed by atoms with Crippen LogP contribution < -0.4 is 14.8 Å². The van der Waals surface area contributed by atoms with Crippen LogP contribution in [0.5, 0.6) is 11.5 Å². The number of para-hydroxylation sites is 1. The molecule has 0 saturated carbocycles. The third kappa shape index (κ3) is 2.68. The van der Waals surface area contributed by atoms with Crippen LogP contribution in [0.15, 0.2) is 18.2 Å². The summed E-state index contributed by atoms with van der Waals surface area (Å²) in [6, 6.07) is 5.03. The van der Waals surface area contributed by atoms with E-state index >= 15 is 0 Å². The molecule has 2 N–H and O–H groups in total. The first-order valence-electron chi connectivity index (χ1n) is 5.52. The number of fused-ring (bicyclic) bond motifs is 1. The highest BCUT2D eigenvalue weighted by Crippen LogP contribution is 2.33. The predicted octanol–water partition coefficient (Wildman–Crippen LogP) is 1.02. The molecule has 1 aromatic rings. The van der Waals surface area contributed by atoms with Gasteiger partial charge in [-0.05, 0) is 13.0 Å². The first-order valence-corrected chi connectivity index (χ1v) is 5.52. The van der Waals surface area contributed by atoms with E-state index in [1.807, 2.05) is 18.2 Å². The number of carboxylic acid groups (broad SMARTS) is 1. The van der Waals surface area contributed by atoms with Crippen LogP contribution in [0.3, 0.4) is 0 Å². The van der Waals surface area contributed by atoms with E-state index in [1.54, 1.807) is 6.92 Å². The molecule has 5 nitrogen and oxygen atoms in total. The topological polar surface area (TPSA) is 67.8 Å². The van der Waals surface area contributed by atoms with Crippen LogP contribution in [-0.2, 0) is 11.3 Å². The lowest BCUT2D eigenvalue weighted by Crippen LogP contribution is -2.33. The van der Waals surface area contributed by atoms with Gasteiger partial charge in [0.25, 0.3) is 0 Å². The number of benzene rings is 1. The maximum atomic E-state index is 10.7. The van der Waals surface area contributed by atoms with Crippen molar-refractivity contribution in [3.63, 3.8) is 0 Å². The second-order valence-electron chi connectivity index (χ2n) is 3.88. The minimum absolute atomic E-state index is 0.444. The fourth-order valence-corrected chi connectivity index (χ4v) is 1.62. The molecule has 0 fully saturated rings. The molecule has 0 amide bonds. The van der Waals surface area contributed by atoms with Crippen molar-refractivity contribution >= 4 is 5.97 Å². The average molecular weight is 237 g/mol. The van der Waals surface area contributed by atoms with Crippen LogP contribution in [-0.4, -0.2) is 30.3 Å². The summed E-state index contributed by atoms with van der Waals surface area (Å²) in [4.78, 5) is 10.7. The van der Waals surface area contributed by atoms with Gasteiger partial charge in [0.15, 0.2) is 11.5 Å². The monoisotopic (exact) mass is 237 g/mol. The Kier molecular flexibility index (Phi) is 3.49. The molecular formula is C12H15NO4. The van der Waals surface area contributed by atoms with Crippen LogP contribution in [0, 0.1) is 0 Å². The van der Waals surface area contributed by atoms with Crippen molar-refractivity contribution in [2.24, 2.45) is 0 Å². The van der Waals surface area contributed by atoms with Gasteiger partial charge in [-0.25, -0.2) is 0 Å². The number of carbonyl (C=O) groups is 1. The van der Waals surface area contributed by atoms with E-state index in [0.717, 1.165) is 11.3 Å². The largest absolute Gasteiger partial charge is 0.486 e. The molecule has 1 aliphatic heterocycles. The third-order valence-electron chi connectivity index (χ3n) is 2.62. The summed E-state index contributed by atoms with van der Waals surface area (Å²) in [5.41, 5.74) is 0.912. The molecule has 2 rings (SSSR count). The molecule has 1 aliphatic rings. The van der Waals surface area contributed by atoms with Gasteiger partial charge < -0.3 is 19.9 Å². The number of ether oxygens (including phenoxy) is 2. The molecule has 0 unspecified atom stereocenters. The minimum Gasteiger partial charge on any atom is -0.486 e. The quantitative estimate of drug-likeness (QED) is 0.818.